The standard InChI is InChI=1S/C27H30N2O5/c1-33-25-13-17(26(30)31)8-10-20(25)21(12-16-6-7-16)23-15-28-24-11-9-18(14-22(23)24)29-27(32)34-19-4-2-3-5-19/h8-11,13-16,19,21,28H,2-7,12H2,1H3,(H,29,32)(H,30,31). The molecule has 1 unspecified atom stereocenters. The number of carbonyl (C=O) groups excluding carboxylic acids is 1. The fraction of sp³-hybridized carbons (Fsp3) is 0.407. The van der Waals surface area contributed by atoms with Gasteiger partial charge in [-0.3, -0.25) is 5.32 Å². The van der Waals surface area contributed by atoms with Crippen molar-refractivity contribution in [2.45, 2.75) is 57.0 Å². The Morgan fingerprint density at radius 1 is 1.09 bits per heavy atom. The van der Waals surface area contributed by atoms with Crippen LogP contribution in [-0.2, 0) is 4.74 Å². The molecule has 2 aliphatic carbocycles. The highest BCUT2D eigenvalue weighted by Crippen LogP contribution is 2.46. The van der Waals surface area contributed by atoms with Crippen LogP contribution in [0.5, 0.6) is 5.75 Å². The third kappa shape index (κ3) is 4.74. The third-order valence-electron chi connectivity index (χ3n) is 7.03. The highest BCUT2D eigenvalue weighted by atomic mass is 16.6. The number of H-pyrrole nitrogens is 1. The molecule has 0 aliphatic heterocycles. The Balaban J connectivity index is 1.47. The lowest BCUT2D eigenvalue weighted by Crippen LogP contribution is -2.20. The maximum Gasteiger partial charge on any atom is 0.411 e. The van der Waals surface area contributed by atoms with Crippen LogP contribution in [0.3, 0.4) is 0 Å². The number of benzene rings is 2. The zero-order valence-electron chi connectivity index (χ0n) is 19.3. The third-order valence-corrected chi connectivity index (χ3v) is 7.03. The van der Waals surface area contributed by atoms with Gasteiger partial charge in [0.15, 0.2) is 0 Å². The number of carbonyl (C=O) groups is 2. The molecule has 34 heavy (non-hydrogen) atoms. The molecule has 5 rings (SSSR count). The molecule has 0 spiro atoms. The van der Waals surface area contributed by atoms with Crippen LogP contribution in [0.4, 0.5) is 10.5 Å². The van der Waals surface area contributed by atoms with Gasteiger partial charge in [-0.25, -0.2) is 9.59 Å². The number of nitrogens with one attached hydrogen (secondary N) is 2. The number of hydrogen-bond acceptors (Lipinski definition) is 4. The van der Waals surface area contributed by atoms with E-state index in [0.29, 0.717) is 17.4 Å². The van der Waals surface area contributed by atoms with E-state index in [4.69, 9.17) is 9.47 Å². The fourth-order valence-electron chi connectivity index (χ4n) is 5.05. The summed E-state index contributed by atoms with van der Waals surface area (Å²) in [5, 5.41) is 13.3. The molecular formula is C27H30N2O5. The fourth-order valence-corrected chi connectivity index (χ4v) is 5.05. The van der Waals surface area contributed by atoms with Crippen molar-refractivity contribution in [3.05, 3.63) is 59.3 Å². The van der Waals surface area contributed by atoms with Crippen molar-refractivity contribution in [2.24, 2.45) is 5.92 Å². The SMILES string of the molecule is COc1cc(C(=O)O)ccc1C(CC1CC1)c1c[nH]c2ccc(NC(=O)OC3CCCC3)cc12. The summed E-state index contributed by atoms with van der Waals surface area (Å²) in [6.07, 6.45) is 9.05. The van der Waals surface area contributed by atoms with E-state index in [1.165, 1.54) is 12.8 Å². The second-order valence-corrected chi connectivity index (χ2v) is 9.43. The predicted octanol–water partition coefficient (Wildman–Crippen LogP) is 6.30. The molecular weight excluding hydrogens is 432 g/mol. The molecule has 1 heterocycles. The smallest absolute Gasteiger partial charge is 0.411 e. The average Bonchev–Trinajstić information content (AvgIpc) is 3.33. The monoisotopic (exact) mass is 462 g/mol. The van der Waals surface area contributed by atoms with Crippen molar-refractivity contribution in [3.8, 4) is 5.75 Å². The largest absolute Gasteiger partial charge is 0.496 e. The van der Waals surface area contributed by atoms with Gasteiger partial charge < -0.3 is 19.6 Å². The minimum absolute atomic E-state index is 0.00992. The van der Waals surface area contributed by atoms with Crippen LogP contribution in [-0.4, -0.2) is 35.4 Å². The van der Waals surface area contributed by atoms with Crippen LogP contribution in [0.25, 0.3) is 10.9 Å². The topological polar surface area (TPSA) is 101 Å². The first kappa shape index (κ1) is 22.3. The molecule has 3 N–H and O–H groups in total. The van der Waals surface area contributed by atoms with Crippen LogP contribution in [0.15, 0.2) is 42.6 Å². The minimum atomic E-state index is -0.976. The van der Waals surface area contributed by atoms with Crippen LogP contribution in [0.2, 0.25) is 0 Å². The van der Waals surface area contributed by atoms with Gasteiger partial charge in [0.1, 0.15) is 11.9 Å². The summed E-state index contributed by atoms with van der Waals surface area (Å²) in [5.74, 6) is 0.284. The Morgan fingerprint density at radius 2 is 1.88 bits per heavy atom. The Morgan fingerprint density at radius 3 is 2.59 bits per heavy atom. The van der Waals surface area contributed by atoms with Gasteiger partial charge in [-0.15, -0.1) is 0 Å². The number of amides is 1. The number of carboxylic acids is 1. The molecule has 0 radical (unpaired) electrons. The summed E-state index contributed by atoms with van der Waals surface area (Å²) in [4.78, 5) is 27.2. The summed E-state index contributed by atoms with van der Waals surface area (Å²) < 4.78 is 11.2. The summed E-state index contributed by atoms with van der Waals surface area (Å²) >= 11 is 0. The van der Waals surface area contributed by atoms with E-state index in [9.17, 15) is 14.7 Å². The predicted molar refractivity (Wildman–Crippen MR) is 130 cm³/mol. The van der Waals surface area contributed by atoms with Gasteiger partial charge >= 0.3 is 12.1 Å². The van der Waals surface area contributed by atoms with Crippen molar-refractivity contribution >= 4 is 28.7 Å². The van der Waals surface area contributed by atoms with Gasteiger partial charge in [0.05, 0.1) is 12.7 Å². The second kappa shape index (κ2) is 9.41. The lowest BCUT2D eigenvalue weighted by molar-refractivity contribution is 0.0696. The molecule has 0 saturated heterocycles. The van der Waals surface area contributed by atoms with Gasteiger partial charge in [0, 0.05) is 34.3 Å². The second-order valence-electron chi connectivity index (χ2n) is 9.43. The van der Waals surface area contributed by atoms with E-state index in [1.807, 2.05) is 30.5 Å². The maximum atomic E-state index is 12.4. The molecule has 1 atom stereocenters. The summed E-state index contributed by atoms with van der Waals surface area (Å²) in [7, 11) is 1.58. The first-order chi connectivity index (χ1) is 16.5. The van der Waals surface area contributed by atoms with Crippen molar-refractivity contribution in [1.29, 1.82) is 0 Å². The molecule has 178 valence electrons. The van der Waals surface area contributed by atoms with E-state index < -0.39 is 12.1 Å². The van der Waals surface area contributed by atoms with Crippen LogP contribution < -0.4 is 10.1 Å². The number of hydrogen-bond donors (Lipinski definition) is 3. The van der Waals surface area contributed by atoms with Crippen molar-refractivity contribution in [3.63, 3.8) is 0 Å². The highest BCUT2D eigenvalue weighted by Gasteiger charge is 2.30. The van der Waals surface area contributed by atoms with E-state index in [1.54, 1.807) is 19.2 Å². The number of aromatic carboxylic acids is 1. The molecule has 3 aromatic rings. The lowest BCUT2D eigenvalue weighted by Gasteiger charge is -2.20. The maximum absolute atomic E-state index is 12.4. The molecule has 2 aliphatic rings. The highest BCUT2D eigenvalue weighted by molar-refractivity contribution is 5.92. The Bertz CT molecular complexity index is 1210. The number of ether oxygens (including phenoxy) is 2. The van der Waals surface area contributed by atoms with E-state index in [-0.39, 0.29) is 17.6 Å². The van der Waals surface area contributed by atoms with Crippen molar-refractivity contribution in [2.75, 3.05) is 12.4 Å². The number of fused-ring (bicyclic) bond motifs is 1. The Hall–Kier alpha value is -3.48. The van der Waals surface area contributed by atoms with Crippen molar-refractivity contribution < 1.29 is 24.2 Å². The number of methoxy groups -OCH3 is 1. The van der Waals surface area contributed by atoms with Crippen LogP contribution in [0, 0.1) is 5.92 Å². The average molecular weight is 463 g/mol. The first-order valence-electron chi connectivity index (χ1n) is 12.0. The van der Waals surface area contributed by atoms with Crippen LogP contribution >= 0.6 is 0 Å². The number of carboxylic acid groups (broad SMARTS) is 1. The molecule has 1 aromatic heterocycles. The summed E-state index contributed by atoms with van der Waals surface area (Å²) in [6, 6.07) is 10.9. The first-order valence-corrected chi connectivity index (χ1v) is 12.0. The zero-order chi connectivity index (χ0) is 23.7. The molecule has 7 heteroatoms. The molecule has 0 bridgehead atoms. The van der Waals surface area contributed by atoms with Crippen molar-refractivity contribution in [1.82, 2.24) is 4.98 Å². The van der Waals surface area contributed by atoms with E-state index >= 15 is 0 Å². The Labute approximate surface area is 198 Å². The van der Waals surface area contributed by atoms with E-state index in [0.717, 1.165) is 54.1 Å². The quantitative estimate of drug-likeness (QED) is 0.365. The van der Waals surface area contributed by atoms with Gasteiger partial charge in [-0.1, -0.05) is 18.9 Å². The molecule has 2 aromatic carbocycles. The number of rotatable bonds is 8. The number of anilines is 1. The molecule has 2 fully saturated rings. The summed E-state index contributed by atoms with van der Waals surface area (Å²) in [6.45, 7) is 0. The zero-order valence-corrected chi connectivity index (χ0v) is 19.3. The number of aromatic nitrogens is 1. The lowest BCUT2D eigenvalue weighted by atomic mass is 9.85. The summed E-state index contributed by atoms with van der Waals surface area (Å²) in [5.41, 5.74) is 3.95. The minimum Gasteiger partial charge on any atom is -0.496 e. The normalized spacial score (nSPS) is 17.0. The van der Waals surface area contributed by atoms with E-state index in [2.05, 4.69) is 10.3 Å². The Kier molecular flexibility index (Phi) is 6.18. The van der Waals surface area contributed by atoms with Gasteiger partial charge in [-0.05, 0) is 73.9 Å². The van der Waals surface area contributed by atoms with Crippen LogP contribution in [0.1, 0.15) is 72.3 Å². The molecule has 2 saturated carbocycles. The van der Waals surface area contributed by atoms with Gasteiger partial charge in [0.2, 0.25) is 0 Å². The number of aromatic amines is 1. The van der Waals surface area contributed by atoms with Gasteiger partial charge in [0.25, 0.3) is 0 Å². The van der Waals surface area contributed by atoms with Gasteiger partial charge in [-0.2, -0.15) is 0 Å². The molecule has 7 nitrogen and oxygen atoms in total. The molecule has 1 amide bonds.